The van der Waals surface area contributed by atoms with E-state index in [4.69, 9.17) is 5.73 Å². The highest BCUT2D eigenvalue weighted by Gasteiger charge is 2.20. The number of primary amides is 1. The number of nitrogens with one attached hydrogen (secondary N) is 1. The van der Waals surface area contributed by atoms with Crippen molar-refractivity contribution < 1.29 is 18.4 Å². The van der Waals surface area contributed by atoms with Gasteiger partial charge in [-0.25, -0.2) is 13.5 Å². The summed E-state index contributed by atoms with van der Waals surface area (Å²) in [7, 11) is 0. The Morgan fingerprint density at radius 3 is 2.53 bits per heavy atom. The molecule has 5 aromatic rings. The zero-order valence-electron chi connectivity index (χ0n) is 17.8. The maximum atomic E-state index is 14.7. The molecule has 0 unspecified atom stereocenters. The van der Waals surface area contributed by atoms with Gasteiger partial charge in [-0.15, -0.1) is 0 Å². The molecule has 0 bridgehead atoms. The van der Waals surface area contributed by atoms with Gasteiger partial charge in [0.25, 0.3) is 11.8 Å². The van der Waals surface area contributed by atoms with E-state index in [1.54, 1.807) is 55.6 Å². The number of halogens is 2. The molecular formula is C25H17F2N5O2. The molecule has 0 aliphatic carbocycles. The summed E-state index contributed by atoms with van der Waals surface area (Å²) < 4.78 is 29.4. The molecule has 0 aliphatic heterocycles. The molecule has 0 aliphatic rings. The molecule has 3 aromatic carbocycles. The van der Waals surface area contributed by atoms with Crippen LogP contribution < -0.4 is 11.1 Å². The molecule has 0 saturated carbocycles. The lowest BCUT2D eigenvalue weighted by Crippen LogP contribution is -2.13. The molecule has 2 aromatic heterocycles. The number of hydrogen-bond acceptors (Lipinski definition) is 4. The van der Waals surface area contributed by atoms with Crippen LogP contribution in [0.2, 0.25) is 0 Å². The van der Waals surface area contributed by atoms with Crippen molar-refractivity contribution in [3.8, 4) is 5.69 Å². The van der Waals surface area contributed by atoms with Crippen molar-refractivity contribution in [1.29, 1.82) is 0 Å². The summed E-state index contributed by atoms with van der Waals surface area (Å²) in [5.74, 6) is -2.72. The zero-order chi connectivity index (χ0) is 24.0. The average molecular weight is 457 g/mol. The van der Waals surface area contributed by atoms with Crippen LogP contribution in [0.25, 0.3) is 27.4 Å². The number of rotatable bonds is 4. The van der Waals surface area contributed by atoms with Crippen molar-refractivity contribution in [1.82, 2.24) is 14.8 Å². The zero-order valence-corrected chi connectivity index (χ0v) is 17.8. The van der Waals surface area contributed by atoms with Gasteiger partial charge in [-0.05, 0) is 54.8 Å². The van der Waals surface area contributed by atoms with Gasteiger partial charge in [0.2, 0.25) is 0 Å². The topological polar surface area (TPSA) is 103 Å². The number of aromatic nitrogens is 3. The molecule has 0 radical (unpaired) electrons. The molecule has 34 heavy (non-hydrogen) atoms. The number of pyridine rings is 1. The Hall–Kier alpha value is -4.66. The number of carbonyl (C=O) groups is 2. The Labute approximate surface area is 191 Å². The maximum Gasteiger partial charge on any atom is 0.269 e. The Kier molecular flexibility index (Phi) is 5.01. The van der Waals surface area contributed by atoms with E-state index >= 15 is 0 Å². The van der Waals surface area contributed by atoms with Crippen molar-refractivity contribution >= 4 is 39.2 Å². The average Bonchev–Trinajstić information content (AvgIpc) is 3.19. The van der Waals surface area contributed by atoms with E-state index in [9.17, 15) is 18.4 Å². The number of fused-ring (bicyclic) bond motifs is 3. The molecule has 0 fully saturated rings. The smallest absolute Gasteiger partial charge is 0.269 e. The molecule has 2 amide bonds. The lowest BCUT2D eigenvalue weighted by atomic mass is 10.0. The molecule has 5 rings (SSSR count). The molecule has 0 spiro atoms. The van der Waals surface area contributed by atoms with Crippen LogP contribution in [0.1, 0.15) is 26.5 Å². The largest absolute Gasteiger partial charge is 0.364 e. The minimum absolute atomic E-state index is 0.0492. The number of carbonyl (C=O) groups excluding carboxylic acids is 2. The maximum absolute atomic E-state index is 14.7. The highest BCUT2D eigenvalue weighted by molar-refractivity contribution is 6.15. The van der Waals surface area contributed by atoms with Gasteiger partial charge in [0, 0.05) is 34.4 Å². The van der Waals surface area contributed by atoms with Crippen LogP contribution in [0.15, 0.2) is 66.9 Å². The number of nitrogens with two attached hydrogens (primary N) is 1. The van der Waals surface area contributed by atoms with Crippen molar-refractivity contribution in [2.75, 3.05) is 5.32 Å². The molecule has 2 heterocycles. The summed E-state index contributed by atoms with van der Waals surface area (Å²) in [6.45, 7) is 1.74. The minimum atomic E-state index is -0.853. The van der Waals surface area contributed by atoms with Gasteiger partial charge in [-0.1, -0.05) is 12.1 Å². The standard InChI is InChI=1S/C25H17F2N5O2/c1-13-17(3-2-10-29-13)25(34)30-16-7-4-14-5-8-18-22(24(28)33)31-32(23(18)19(14)12-16)21-9-6-15(26)11-20(21)27/h2-12H,1H3,(H2,28,33)(H,30,34). The van der Waals surface area contributed by atoms with Crippen LogP contribution >= 0.6 is 0 Å². The van der Waals surface area contributed by atoms with Gasteiger partial charge in [-0.3, -0.25) is 14.6 Å². The van der Waals surface area contributed by atoms with Crippen molar-refractivity contribution in [3.05, 3.63) is 95.4 Å². The number of nitrogens with zero attached hydrogens (tertiary/aromatic N) is 3. The predicted octanol–water partition coefficient (Wildman–Crippen LogP) is 4.51. The first-order valence-electron chi connectivity index (χ1n) is 10.3. The highest BCUT2D eigenvalue weighted by Crippen LogP contribution is 2.32. The number of benzene rings is 3. The number of hydrogen-bond donors (Lipinski definition) is 2. The fourth-order valence-electron chi connectivity index (χ4n) is 3.94. The van der Waals surface area contributed by atoms with E-state index in [1.165, 1.54) is 10.7 Å². The Morgan fingerprint density at radius 2 is 1.79 bits per heavy atom. The third-order valence-corrected chi connectivity index (χ3v) is 5.54. The highest BCUT2D eigenvalue weighted by atomic mass is 19.1. The first kappa shape index (κ1) is 21.2. The summed E-state index contributed by atoms with van der Waals surface area (Å²) in [6.07, 6.45) is 1.60. The molecule has 3 N–H and O–H groups in total. The Bertz CT molecular complexity index is 1630. The van der Waals surface area contributed by atoms with E-state index in [2.05, 4.69) is 15.4 Å². The van der Waals surface area contributed by atoms with Crippen LogP contribution in [0.5, 0.6) is 0 Å². The fourth-order valence-corrected chi connectivity index (χ4v) is 3.94. The lowest BCUT2D eigenvalue weighted by molar-refractivity contribution is 0.0994. The second-order valence-corrected chi connectivity index (χ2v) is 7.71. The third kappa shape index (κ3) is 3.53. The van der Waals surface area contributed by atoms with E-state index in [0.29, 0.717) is 33.2 Å². The molecular weight excluding hydrogens is 440 g/mol. The number of aryl methyl sites for hydroxylation is 1. The second kappa shape index (κ2) is 8.04. The van der Waals surface area contributed by atoms with E-state index < -0.39 is 17.5 Å². The quantitative estimate of drug-likeness (QED) is 0.414. The second-order valence-electron chi connectivity index (χ2n) is 7.71. The minimum Gasteiger partial charge on any atom is -0.364 e. The summed E-state index contributed by atoms with van der Waals surface area (Å²) in [4.78, 5) is 29.0. The monoisotopic (exact) mass is 457 g/mol. The van der Waals surface area contributed by atoms with Gasteiger partial charge in [0.1, 0.15) is 11.5 Å². The Morgan fingerprint density at radius 1 is 1.00 bits per heavy atom. The van der Waals surface area contributed by atoms with Gasteiger partial charge < -0.3 is 11.1 Å². The van der Waals surface area contributed by atoms with E-state index in [1.807, 2.05) is 0 Å². The van der Waals surface area contributed by atoms with Crippen molar-refractivity contribution in [2.24, 2.45) is 5.73 Å². The van der Waals surface area contributed by atoms with Gasteiger partial charge >= 0.3 is 0 Å². The van der Waals surface area contributed by atoms with E-state index in [-0.39, 0.29) is 17.3 Å². The van der Waals surface area contributed by atoms with Crippen LogP contribution in [0.3, 0.4) is 0 Å². The van der Waals surface area contributed by atoms with Crippen molar-refractivity contribution in [2.45, 2.75) is 6.92 Å². The first-order chi connectivity index (χ1) is 16.3. The molecule has 168 valence electrons. The Balaban J connectivity index is 1.72. The van der Waals surface area contributed by atoms with Crippen LogP contribution in [0.4, 0.5) is 14.5 Å². The van der Waals surface area contributed by atoms with Crippen LogP contribution in [-0.2, 0) is 0 Å². The summed E-state index contributed by atoms with van der Waals surface area (Å²) in [5, 5.41) is 8.81. The van der Waals surface area contributed by atoms with Crippen LogP contribution in [-0.4, -0.2) is 26.6 Å². The number of amides is 2. The van der Waals surface area contributed by atoms with Gasteiger partial charge in [0.05, 0.1) is 11.1 Å². The van der Waals surface area contributed by atoms with Crippen molar-refractivity contribution in [3.63, 3.8) is 0 Å². The normalized spacial score (nSPS) is 11.1. The van der Waals surface area contributed by atoms with Gasteiger partial charge in [-0.2, -0.15) is 5.10 Å². The number of anilines is 1. The SMILES string of the molecule is Cc1ncccc1C(=O)Nc1ccc2ccc3c(C(N)=O)nn(-c4ccc(F)cc4F)c3c2c1. The summed E-state index contributed by atoms with van der Waals surface area (Å²) >= 11 is 0. The molecule has 0 saturated heterocycles. The molecule has 0 atom stereocenters. The van der Waals surface area contributed by atoms with Crippen LogP contribution in [0, 0.1) is 18.6 Å². The third-order valence-electron chi connectivity index (χ3n) is 5.54. The summed E-state index contributed by atoms with van der Waals surface area (Å²) in [6, 6.07) is 15.1. The fraction of sp³-hybridized carbons (Fsp3) is 0.0400. The summed E-state index contributed by atoms with van der Waals surface area (Å²) in [5.41, 5.74) is 7.29. The molecule has 7 nitrogen and oxygen atoms in total. The van der Waals surface area contributed by atoms with Gasteiger partial charge in [0.15, 0.2) is 11.5 Å². The molecule has 9 heteroatoms. The first-order valence-corrected chi connectivity index (χ1v) is 10.3. The lowest BCUT2D eigenvalue weighted by Gasteiger charge is -2.10. The predicted molar refractivity (Wildman–Crippen MR) is 124 cm³/mol. The van der Waals surface area contributed by atoms with E-state index in [0.717, 1.165) is 17.5 Å².